The van der Waals surface area contributed by atoms with Crippen molar-refractivity contribution < 1.29 is 37.3 Å². The quantitative estimate of drug-likeness (QED) is 0.533. The molecule has 0 aromatic heterocycles. The normalized spacial score (nSPS) is 12.3. The van der Waals surface area contributed by atoms with Crippen LogP contribution in [-0.4, -0.2) is 29.3 Å². The number of aliphatic carboxylic acids is 1. The van der Waals surface area contributed by atoms with Crippen LogP contribution in [0.15, 0.2) is 36.4 Å². The number of carbonyl (C=O) groups is 2. The molecule has 29 heavy (non-hydrogen) atoms. The van der Waals surface area contributed by atoms with Crippen LogP contribution in [0.1, 0.15) is 29.3 Å². The van der Waals surface area contributed by atoms with E-state index in [0.717, 1.165) is 12.1 Å². The molecule has 156 valence electrons. The first-order valence-corrected chi connectivity index (χ1v) is 8.99. The zero-order chi connectivity index (χ0) is 21.8. The predicted octanol–water partition coefficient (Wildman–Crippen LogP) is 5.56. The second-order valence-corrected chi connectivity index (χ2v) is 6.70. The van der Waals surface area contributed by atoms with Gasteiger partial charge in [0.25, 0.3) is 0 Å². The molecular formula is C19H15Cl2F3O5. The lowest BCUT2D eigenvalue weighted by molar-refractivity contribution is -0.274. The second kappa shape index (κ2) is 9.37. The van der Waals surface area contributed by atoms with Gasteiger partial charge in [-0.3, -0.25) is 4.79 Å². The number of ketones is 1. The summed E-state index contributed by atoms with van der Waals surface area (Å²) in [4.78, 5) is 23.1. The van der Waals surface area contributed by atoms with E-state index in [9.17, 15) is 22.8 Å². The Morgan fingerprint density at radius 1 is 1.07 bits per heavy atom. The highest BCUT2D eigenvalue weighted by Crippen LogP contribution is 2.36. The van der Waals surface area contributed by atoms with Crippen molar-refractivity contribution in [2.24, 2.45) is 0 Å². The smallest absolute Gasteiger partial charge is 0.479 e. The molecule has 0 heterocycles. The van der Waals surface area contributed by atoms with Crippen molar-refractivity contribution in [1.82, 2.24) is 0 Å². The fourth-order valence-corrected chi connectivity index (χ4v) is 2.81. The number of carboxylic acid groups (broad SMARTS) is 1. The maximum absolute atomic E-state index is 12.3. The van der Waals surface area contributed by atoms with Gasteiger partial charge < -0.3 is 14.6 Å². The monoisotopic (exact) mass is 450 g/mol. The number of carboxylic acids is 1. The summed E-state index contributed by atoms with van der Waals surface area (Å²) in [6.45, 7) is 1.34. The highest BCUT2D eigenvalue weighted by molar-refractivity contribution is 6.43. The number of Topliss-reactive ketones (excluding diaryl/α,β-unsaturated/α-hetero) is 1. The molecule has 0 radical (unpaired) electrons. The predicted molar refractivity (Wildman–Crippen MR) is 100.0 cm³/mol. The van der Waals surface area contributed by atoms with Gasteiger partial charge in [0, 0.05) is 12.0 Å². The van der Waals surface area contributed by atoms with E-state index in [1.807, 2.05) is 0 Å². The molecular weight excluding hydrogens is 436 g/mol. The van der Waals surface area contributed by atoms with Crippen LogP contribution in [-0.2, 0) is 11.2 Å². The van der Waals surface area contributed by atoms with Crippen molar-refractivity contribution in [3.8, 4) is 11.5 Å². The van der Waals surface area contributed by atoms with Crippen molar-refractivity contribution in [3.05, 3.63) is 57.6 Å². The molecule has 0 saturated carbocycles. The Balaban J connectivity index is 2.03. The Hall–Kier alpha value is -2.45. The standard InChI is InChI=1S/C19H15Cl2F3O5/c1-10(18(26)27)28-15-9-5-12(16(20)17(15)21)4-8-14(25)11-2-6-13(7-3-11)29-19(22,23)24/h2-3,5-7,9-10H,4,8H2,1H3,(H,26,27). The number of benzene rings is 2. The SMILES string of the molecule is CC(Oc1ccc(CCC(=O)c2ccc(OC(F)(F)F)cc2)c(Cl)c1Cl)C(=O)O. The molecule has 0 aliphatic rings. The summed E-state index contributed by atoms with van der Waals surface area (Å²) < 4.78 is 45.5. The zero-order valence-corrected chi connectivity index (χ0v) is 16.4. The number of hydrogen-bond acceptors (Lipinski definition) is 4. The molecule has 2 aromatic rings. The van der Waals surface area contributed by atoms with Crippen molar-refractivity contribution in [3.63, 3.8) is 0 Å². The molecule has 0 fully saturated rings. The van der Waals surface area contributed by atoms with E-state index in [2.05, 4.69) is 4.74 Å². The van der Waals surface area contributed by atoms with E-state index < -0.39 is 24.2 Å². The van der Waals surface area contributed by atoms with Crippen LogP contribution in [0.2, 0.25) is 10.0 Å². The third-order valence-electron chi connectivity index (χ3n) is 3.81. The molecule has 0 saturated heterocycles. The van der Waals surface area contributed by atoms with Gasteiger partial charge in [0.1, 0.15) is 16.5 Å². The molecule has 1 unspecified atom stereocenters. The highest BCUT2D eigenvalue weighted by Gasteiger charge is 2.31. The van der Waals surface area contributed by atoms with Gasteiger partial charge in [0.15, 0.2) is 11.9 Å². The van der Waals surface area contributed by atoms with Crippen molar-refractivity contribution in [2.45, 2.75) is 32.2 Å². The fraction of sp³-hybridized carbons (Fsp3) is 0.263. The van der Waals surface area contributed by atoms with Crippen LogP contribution in [0.25, 0.3) is 0 Å². The van der Waals surface area contributed by atoms with Crippen LogP contribution in [0, 0.1) is 0 Å². The van der Waals surface area contributed by atoms with E-state index in [1.54, 1.807) is 6.07 Å². The van der Waals surface area contributed by atoms with E-state index >= 15 is 0 Å². The summed E-state index contributed by atoms with van der Waals surface area (Å²) in [6.07, 6.45) is -5.69. The fourth-order valence-electron chi connectivity index (χ4n) is 2.33. The number of alkyl halides is 3. The van der Waals surface area contributed by atoms with Gasteiger partial charge in [-0.15, -0.1) is 13.2 Å². The van der Waals surface area contributed by atoms with Crippen molar-refractivity contribution in [2.75, 3.05) is 0 Å². The van der Waals surface area contributed by atoms with Gasteiger partial charge in [-0.25, -0.2) is 4.79 Å². The summed E-state index contributed by atoms with van der Waals surface area (Å²) >= 11 is 12.3. The summed E-state index contributed by atoms with van der Waals surface area (Å²) in [5.74, 6) is -1.80. The Morgan fingerprint density at radius 2 is 1.69 bits per heavy atom. The number of halogens is 5. The van der Waals surface area contributed by atoms with E-state index in [4.69, 9.17) is 33.0 Å². The number of carbonyl (C=O) groups excluding carboxylic acids is 1. The number of rotatable bonds is 8. The van der Waals surface area contributed by atoms with Crippen molar-refractivity contribution >= 4 is 35.0 Å². The van der Waals surface area contributed by atoms with Crippen LogP contribution in [0.4, 0.5) is 13.2 Å². The van der Waals surface area contributed by atoms with E-state index in [1.165, 1.54) is 25.1 Å². The van der Waals surface area contributed by atoms with E-state index in [-0.39, 0.29) is 40.0 Å². The second-order valence-electron chi connectivity index (χ2n) is 5.94. The lowest BCUT2D eigenvalue weighted by Crippen LogP contribution is -2.23. The highest BCUT2D eigenvalue weighted by atomic mass is 35.5. The molecule has 2 rings (SSSR count). The summed E-state index contributed by atoms with van der Waals surface area (Å²) in [7, 11) is 0. The lowest BCUT2D eigenvalue weighted by atomic mass is 10.0. The summed E-state index contributed by atoms with van der Waals surface area (Å²) in [5, 5.41) is 9.04. The Labute approximate surface area is 173 Å². The molecule has 1 N–H and O–H groups in total. The van der Waals surface area contributed by atoms with Crippen LogP contribution in [0.3, 0.4) is 0 Å². The molecule has 0 aliphatic carbocycles. The third kappa shape index (κ3) is 6.54. The number of ether oxygens (including phenoxy) is 2. The lowest BCUT2D eigenvalue weighted by Gasteiger charge is -2.14. The number of hydrogen-bond donors (Lipinski definition) is 1. The van der Waals surface area contributed by atoms with Gasteiger partial charge in [-0.2, -0.15) is 0 Å². The average Bonchev–Trinajstić information content (AvgIpc) is 2.63. The summed E-state index contributed by atoms with van der Waals surface area (Å²) in [6, 6.07) is 7.60. The molecule has 10 heteroatoms. The molecule has 1 atom stereocenters. The first kappa shape index (κ1) is 22.8. The zero-order valence-electron chi connectivity index (χ0n) is 14.9. The Morgan fingerprint density at radius 3 is 2.24 bits per heavy atom. The molecule has 0 aliphatic heterocycles. The van der Waals surface area contributed by atoms with Gasteiger partial charge in [0.2, 0.25) is 0 Å². The van der Waals surface area contributed by atoms with Crippen LogP contribution in [0.5, 0.6) is 11.5 Å². The first-order valence-electron chi connectivity index (χ1n) is 8.23. The molecule has 5 nitrogen and oxygen atoms in total. The minimum Gasteiger partial charge on any atom is -0.479 e. The van der Waals surface area contributed by atoms with Crippen LogP contribution >= 0.6 is 23.2 Å². The molecule has 2 aromatic carbocycles. The van der Waals surface area contributed by atoms with Gasteiger partial charge in [-0.05, 0) is 49.2 Å². The van der Waals surface area contributed by atoms with Crippen molar-refractivity contribution in [1.29, 1.82) is 0 Å². The van der Waals surface area contributed by atoms with Gasteiger partial charge in [-0.1, -0.05) is 29.3 Å². The van der Waals surface area contributed by atoms with Gasteiger partial charge in [0.05, 0.1) is 5.02 Å². The average molecular weight is 451 g/mol. The topological polar surface area (TPSA) is 72.8 Å². The largest absolute Gasteiger partial charge is 0.573 e. The first-order chi connectivity index (χ1) is 13.5. The van der Waals surface area contributed by atoms with Gasteiger partial charge >= 0.3 is 12.3 Å². The maximum atomic E-state index is 12.3. The Kier molecular flexibility index (Phi) is 7.37. The minimum absolute atomic E-state index is 0.0263. The maximum Gasteiger partial charge on any atom is 0.573 e. The summed E-state index contributed by atoms with van der Waals surface area (Å²) in [5.41, 5.74) is 0.759. The Bertz CT molecular complexity index is 898. The molecule has 0 spiro atoms. The number of aryl methyl sites for hydroxylation is 1. The molecule has 0 bridgehead atoms. The van der Waals surface area contributed by atoms with E-state index in [0.29, 0.717) is 5.56 Å². The molecule has 0 amide bonds. The third-order valence-corrected chi connectivity index (χ3v) is 4.71. The minimum atomic E-state index is -4.81. The van der Waals surface area contributed by atoms with Crippen LogP contribution < -0.4 is 9.47 Å².